The molecule has 26 heavy (non-hydrogen) atoms. The molecule has 0 aliphatic carbocycles. The highest BCUT2D eigenvalue weighted by Crippen LogP contribution is 2.36. The molecule has 2 N–H and O–H groups in total. The summed E-state index contributed by atoms with van der Waals surface area (Å²) >= 11 is 0. The van der Waals surface area contributed by atoms with Gasteiger partial charge in [-0.05, 0) is 42.0 Å². The van der Waals surface area contributed by atoms with E-state index in [-0.39, 0.29) is 6.04 Å². The molecule has 3 aromatic carbocycles. The molecule has 0 saturated carbocycles. The Morgan fingerprint density at radius 2 is 1.35 bits per heavy atom. The van der Waals surface area contributed by atoms with E-state index in [4.69, 9.17) is 9.47 Å². The van der Waals surface area contributed by atoms with Crippen molar-refractivity contribution in [3.63, 3.8) is 0 Å². The van der Waals surface area contributed by atoms with Crippen molar-refractivity contribution in [2.45, 2.75) is 6.04 Å². The standard InChI is InChI=1S/C22H22N2O2/c1-3-7-18(8-4-1)25-21-12-11-17(20-16-23-13-14-24-20)15-22(21)26-19-9-5-2-6-10-19/h1-12,15,20,23-24H,13-14,16H2/t20-/m1/s1. The van der Waals surface area contributed by atoms with Crippen molar-refractivity contribution in [1.29, 1.82) is 0 Å². The van der Waals surface area contributed by atoms with Gasteiger partial charge in [0, 0.05) is 25.7 Å². The molecule has 1 saturated heterocycles. The molecule has 1 aliphatic rings. The summed E-state index contributed by atoms with van der Waals surface area (Å²) < 4.78 is 12.2. The van der Waals surface area contributed by atoms with Crippen LogP contribution in [-0.4, -0.2) is 19.6 Å². The Morgan fingerprint density at radius 3 is 1.96 bits per heavy atom. The third kappa shape index (κ3) is 4.04. The highest BCUT2D eigenvalue weighted by atomic mass is 16.5. The van der Waals surface area contributed by atoms with E-state index < -0.39 is 0 Å². The average molecular weight is 346 g/mol. The maximum atomic E-state index is 6.14. The van der Waals surface area contributed by atoms with Crippen LogP contribution in [0.1, 0.15) is 11.6 Å². The molecule has 0 unspecified atom stereocenters. The quantitative estimate of drug-likeness (QED) is 0.713. The lowest BCUT2D eigenvalue weighted by Crippen LogP contribution is -2.42. The van der Waals surface area contributed by atoms with E-state index in [9.17, 15) is 0 Å². The number of hydrogen-bond donors (Lipinski definition) is 2. The molecule has 0 amide bonds. The molecule has 1 heterocycles. The summed E-state index contributed by atoms with van der Waals surface area (Å²) in [7, 11) is 0. The van der Waals surface area contributed by atoms with E-state index in [2.05, 4.69) is 22.8 Å². The third-order valence-corrected chi connectivity index (χ3v) is 4.35. The lowest BCUT2D eigenvalue weighted by molar-refractivity contribution is 0.409. The van der Waals surface area contributed by atoms with Crippen LogP contribution < -0.4 is 20.1 Å². The van der Waals surface area contributed by atoms with Crippen LogP contribution in [0.3, 0.4) is 0 Å². The van der Waals surface area contributed by atoms with Gasteiger partial charge >= 0.3 is 0 Å². The summed E-state index contributed by atoms with van der Waals surface area (Å²) in [4.78, 5) is 0. The third-order valence-electron chi connectivity index (χ3n) is 4.35. The van der Waals surface area contributed by atoms with Crippen molar-refractivity contribution < 1.29 is 9.47 Å². The number of para-hydroxylation sites is 2. The van der Waals surface area contributed by atoms with Crippen molar-refractivity contribution in [2.75, 3.05) is 19.6 Å². The molecule has 1 aliphatic heterocycles. The van der Waals surface area contributed by atoms with E-state index in [0.717, 1.165) is 31.1 Å². The molecule has 4 heteroatoms. The van der Waals surface area contributed by atoms with Crippen LogP contribution in [0, 0.1) is 0 Å². The predicted molar refractivity (Wildman–Crippen MR) is 103 cm³/mol. The van der Waals surface area contributed by atoms with Crippen LogP contribution in [0.15, 0.2) is 78.9 Å². The molecular weight excluding hydrogens is 324 g/mol. The Hall–Kier alpha value is -2.82. The summed E-state index contributed by atoms with van der Waals surface area (Å²) in [6.45, 7) is 2.87. The highest BCUT2D eigenvalue weighted by Gasteiger charge is 2.17. The SMILES string of the molecule is c1ccc(Oc2ccc([C@H]3CNCCN3)cc2Oc2ccccc2)cc1. The van der Waals surface area contributed by atoms with E-state index >= 15 is 0 Å². The zero-order valence-electron chi connectivity index (χ0n) is 14.5. The van der Waals surface area contributed by atoms with Gasteiger partial charge in [0.25, 0.3) is 0 Å². The van der Waals surface area contributed by atoms with Gasteiger partial charge in [0.15, 0.2) is 11.5 Å². The molecule has 0 aromatic heterocycles. The van der Waals surface area contributed by atoms with Crippen molar-refractivity contribution in [1.82, 2.24) is 10.6 Å². The Balaban J connectivity index is 1.65. The summed E-state index contributed by atoms with van der Waals surface area (Å²) in [5, 5.41) is 6.96. The van der Waals surface area contributed by atoms with E-state index in [1.807, 2.05) is 66.7 Å². The number of rotatable bonds is 5. The number of hydrogen-bond acceptors (Lipinski definition) is 4. The second-order valence-electron chi connectivity index (χ2n) is 6.25. The number of benzene rings is 3. The summed E-state index contributed by atoms with van der Waals surface area (Å²) in [6, 6.07) is 26.0. The van der Waals surface area contributed by atoms with Gasteiger partial charge in [-0.3, -0.25) is 0 Å². The van der Waals surface area contributed by atoms with Crippen molar-refractivity contribution in [3.8, 4) is 23.0 Å². The van der Waals surface area contributed by atoms with E-state index in [1.165, 1.54) is 5.56 Å². The molecule has 132 valence electrons. The topological polar surface area (TPSA) is 42.5 Å². The molecule has 4 rings (SSSR count). The summed E-state index contributed by atoms with van der Waals surface area (Å²) in [6.07, 6.45) is 0. The minimum atomic E-state index is 0.271. The summed E-state index contributed by atoms with van der Waals surface area (Å²) in [5.74, 6) is 2.99. The van der Waals surface area contributed by atoms with Crippen LogP contribution in [0.25, 0.3) is 0 Å². The van der Waals surface area contributed by atoms with Crippen LogP contribution in [0.5, 0.6) is 23.0 Å². The Morgan fingerprint density at radius 1 is 0.692 bits per heavy atom. The van der Waals surface area contributed by atoms with E-state index in [1.54, 1.807) is 0 Å². The Bertz CT molecular complexity index is 831. The largest absolute Gasteiger partial charge is 0.453 e. The van der Waals surface area contributed by atoms with Crippen LogP contribution in [-0.2, 0) is 0 Å². The van der Waals surface area contributed by atoms with Gasteiger partial charge in [0.2, 0.25) is 0 Å². The molecule has 0 radical (unpaired) electrons. The van der Waals surface area contributed by atoms with Gasteiger partial charge < -0.3 is 20.1 Å². The number of ether oxygens (including phenoxy) is 2. The van der Waals surface area contributed by atoms with Crippen molar-refractivity contribution in [2.24, 2.45) is 0 Å². The van der Waals surface area contributed by atoms with Gasteiger partial charge in [-0.1, -0.05) is 42.5 Å². The zero-order chi connectivity index (χ0) is 17.6. The fourth-order valence-corrected chi connectivity index (χ4v) is 3.03. The van der Waals surface area contributed by atoms with Crippen molar-refractivity contribution in [3.05, 3.63) is 84.4 Å². The fraction of sp³-hybridized carbons (Fsp3) is 0.182. The van der Waals surface area contributed by atoms with Gasteiger partial charge in [-0.25, -0.2) is 0 Å². The Kier molecular flexibility index (Phi) is 5.14. The second kappa shape index (κ2) is 8.04. The maximum absolute atomic E-state index is 6.14. The lowest BCUT2D eigenvalue weighted by Gasteiger charge is -2.25. The molecule has 1 fully saturated rings. The first-order valence-corrected chi connectivity index (χ1v) is 8.92. The molecule has 0 bridgehead atoms. The highest BCUT2D eigenvalue weighted by molar-refractivity contribution is 5.48. The first kappa shape index (κ1) is 16.6. The molecule has 1 atom stereocenters. The predicted octanol–water partition coefficient (Wildman–Crippen LogP) is 4.51. The van der Waals surface area contributed by atoms with Crippen LogP contribution >= 0.6 is 0 Å². The first-order valence-electron chi connectivity index (χ1n) is 8.92. The minimum Gasteiger partial charge on any atom is -0.453 e. The fourth-order valence-electron chi connectivity index (χ4n) is 3.03. The van der Waals surface area contributed by atoms with Crippen LogP contribution in [0.4, 0.5) is 0 Å². The first-order chi connectivity index (χ1) is 12.9. The van der Waals surface area contributed by atoms with Gasteiger partial charge in [0.05, 0.1) is 0 Å². The van der Waals surface area contributed by atoms with Gasteiger partial charge in [-0.2, -0.15) is 0 Å². The zero-order valence-corrected chi connectivity index (χ0v) is 14.5. The second-order valence-corrected chi connectivity index (χ2v) is 6.25. The van der Waals surface area contributed by atoms with E-state index in [0.29, 0.717) is 11.5 Å². The molecular formula is C22H22N2O2. The number of nitrogens with one attached hydrogen (secondary N) is 2. The van der Waals surface area contributed by atoms with Crippen molar-refractivity contribution >= 4 is 0 Å². The average Bonchev–Trinajstić information content (AvgIpc) is 2.71. The van der Waals surface area contributed by atoms with Gasteiger partial charge in [-0.15, -0.1) is 0 Å². The normalized spacial score (nSPS) is 16.8. The van der Waals surface area contributed by atoms with Crippen LogP contribution in [0.2, 0.25) is 0 Å². The molecule has 0 spiro atoms. The molecule has 4 nitrogen and oxygen atoms in total. The Labute approximate surface area is 153 Å². The molecule has 3 aromatic rings. The minimum absolute atomic E-state index is 0.271. The number of piperazine rings is 1. The maximum Gasteiger partial charge on any atom is 0.170 e. The monoisotopic (exact) mass is 346 g/mol. The summed E-state index contributed by atoms with van der Waals surface area (Å²) in [5.41, 5.74) is 1.18. The van der Waals surface area contributed by atoms with Gasteiger partial charge in [0.1, 0.15) is 11.5 Å². The lowest BCUT2D eigenvalue weighted by atomic mass is 10.0. The smallest absolute Gasteiger partial charge is 0.170 e.